The fraction of sp³-hybridized carbons (Fsp3) is 0.296. The number of nitrogens with zero attached hydrogens (tertiary/aromatic N) is 2. The Balaban J connectivity index is 1.67. The number of nitrogens with one attached hydrogen (secondary N) is 1. The third-order valence-corrected chi connectivity index (χ3v) is 6.79. The third kappa shape index (κ3) is 5.26. The van der Waals surface area contributed by atoms with Crippen LogP contribution in [0.15, 0.2) is 75.9 Å². The highest BCUT2D eigenvalue weighted by Crippen LogP contribution is 2.47. The molecule has 1 atom stereocenters. The molecule has 2 aliphatic rings. The van der Waals surface area contributed by atoms with Gasteiger partial charge in [0, 0.05) is 23.9 Å². The number of rotatable bonds is 9. The molecule has 2 heterocycles. The zero-order chi connectivity index (χ0) is 25.7. The van der Waals surface area contributed by atoms with Crippen LogP contribution in [0.2, 0.25) is 0 Å². The van der Waals surface area contributed by atoms with E-state index in [9.17, 15) is 9.59 Å². The van der Waals surface area contributed by atoms with Crippen molar-refractivity contribution >= 4 is 28.8 Å². The van der Waals surface area contributed by atoms with E-state index in [0.29, 0.717) is 34.5 Å². The Morgan fingerprint density at radius 1 is 1.11 bits per heavy atom. The molecule has 0 bridgehead atoms. The number of carbonyl (C=O) groups is 2. The second kappa shape index (κ2) is 11.3. The molecule has 9 heteroatoms. The van der Waals surface area contributed by atoms with E-state index in [1.54, 1.807) is 34.1 Å². The predicted octanol–water partition coefficient (Wildman–Crippen LogP) is 4.55. The van der Waals surface area contributed by atoms with Gasteiger partial charge in [-0.05, 0) is 37.0 Å². The number of thioether (sulfide) groups is 1. The second-order valence-electron chi connectivity index (χ2n) is 8.16. The van der Waals surface area contributed by atoms with E-state index >= 15 is 0 Å². The fourth-order valence-electron chi connectivity index (χ4n) is 4.20. The Morgan fingerprint density at radius 3 is 2.58 bits per heavy atom. The first-order valence-electron chi connectivity index (χ1n) is 11.6. The first-order valence-corrected chi connectivity index (χ1v) is 12.5. The van der Waals surface area contributed by atoms with Crippen LogP contribution in [0, 0.1) is 0 Å². The molecule has 0 saturated carbocycles. The zero-order valence-corrected chi connectivity index (χ0v) is 21.6. The van der Waals surface area contributed by atoms with E-state index in [0.717, 1.165) is 16.8 Å². The first kappa shape index (κ1) is 25.4. The summed E-state index contributed by atoms with van der Waals surface area (Å²) in [6.45, 7) is 4.23. The smallest absolute Gasteiger partial charge is 0.338 e. The lowest BCUT2D eigenvalue weighted by atomic mass is 9.93. The number of amides is 1. The molecular weight excluding hydrogens is 478 g/mol. The van der Waals surface area contributed by atoms with Gasteiger partial charge in [-0.25, -0.2) is 9.79 Å². The van der Waals surface area contributed by atoms with Crippen molar-refractivity contribution in [2.24, 2.45) is 4.99 Å². The normalized spacial score (nSPS) is 16.7. The minimum absolute atomic E-state index is 0.128. The number of allylic oxidation sites excluding steroid dienone is 1. The average molecular weight is 508 g/mol. The van der Waals surface area contributed by atoms with Crippen molar-refractivity contribution in [2.45, 2.75) is 32.9 Å². The molecule has 2 aromatic rings. The summed E-state index contributed by atoms with van der Waals surface area (Å²) in [7, 11) is 3.16. The van der Waals surface area contributed by atoms with Gasteiger partial charge in [0.15, 0.2) is 5.17 Å². The highest BCUT2D eigenvalue weighted by molar-refractivity contribution is 8.16. The maximum Gasteiger partial charge on any atom is 0.338 e. The monoisotopic (exact) mass is 507 g/mol. The molecule has 0 aliphatic carbocycles. The van der Waals surface area contributed by atoms with Crippen LogP contribution in [-0.4, -0.2) is 42.8 Å². The molecule has 36 heavy (non-hydrogen) atoms. The molecule has 1 N–H and O–H groups in total. The Morgan fingerprint density at radius 2 is 1.89 bits per heavy atom. The number of carbonyl (C=O) groups excluding carboxylic acids is 2. The Kier molecular flexibility index (Phi) is 8.00. The summed E-state index contributed by atoms with van der Waals surface area (Å²) < 4.78 is 16.5. The van der Waals surface area contributed by atoms with Crippen molar-refractivity contribution in [3.63, 3.8) is 0 Å². The van der Waals surface area contributed by atoms with E-state index < -0.39 is 12.0 Å². The number of methoxy groups -OCH3 is 2. The number of fused-ring (bicyclic) bond motifs is 1. The number of hydrogen-bond donors (Lipinski definition) is 1. The molecule has 0 radical (unpaired) electrons. The van der Waals surface area contributed by atoms with Gasteiger partial charge in [0.1, 0.15) is 11.5 Å². The average Bonchev–Trinajstić information content (AvgIpc) is 3.28. The molecule has 1 unspecified atom stereocenters. The summed E-state index contributed by atoms with van der Waals surface area (Å²) in [5.41, 5.74) is 3.47. The summed E-state index contributed by atoms with van der Waals surface area (Å²) in [5.74, 6) is 0.604. The van der Waals surface area contributed by atoms with Crippen LogP contribution < -0.4 is 14.8 Å². The van der Waals surface area contributed by atoms with Gasteiger partial charge >= 0.3 is 5.97 Å². The lowest BCUT2D eigenvalue weighted by Gasteiger charge is -2.36. The highest BCUT2D eigenvalue weighted by Gasteiger charge is 2.42. The first-order chi connectivity index (χ1) is 17.5. The Hall–Kier alpha value is -3.72. The quantitative estimate of drug-likeness (QED) is 0.498. The lowest BCUT2D eigenvalue weighted by Crippen LogP contribution is -2.38. The van der Waals surface area contributed by atoms with Crippen molar-refractivity contribution in [2.75, 3.05) is 20.8 Å². The van der Waals surface area contributed by atoms with Crippen LogP contribution >= 0.6 is 11.8 Å². The van der Waals surface area contributed by atoms with Gasteiger partial charge in [0.05, 0.1) is 44.6 Å². The van der Waals surface area contributed by atoms with Crippen LogP contribution in [0.25, 0.3) is 0 Å². The maximum absolute atomic E-state index is 13.1. The van der Waals surface area contributed by atoms with Gasteiger partial charge in [-0.15, -0.1) is 0 Å². The molecular formula is C27H29N3O5S. The van der Waals surface area contributed by atoms with Crippen LogP contribution in [-0.2, 0) is 20.9 Å². The molecule has 0 spiro atoms. The largest absolute Gasteiger partial charge is 0.497 e. The van der Waals surface area contributed by atoms with E-state index in [1.165, 1.54) is 11.8 Å². The van der Waals surface area contributed by atoms with E-state index in [4.69, 9.17) is 14.2 Å². The van der Waals surface area contributed by atoms with Crippen LogP contribution in [0.5, 0.6) is 11.5 Å². The SMILES string of the molecule is CCOC(=O)C1=C(C)N=C2SC=C(CC(=O)NCc3ccccc3)N2C1c1ccc(OC)cc1OC. The van der Waals surface area contributed by atoms with E-state index in [2.05, 4.69) is 10.3 Å². The molecule has 0 aromatic heterocycles. The van der Waals surface area contributed by atoms with Crippen molar-refractivity contribution in [3.8, 4) is 11.5 Å². The van der Waals surface area contributed by atoms with Crippen molar-refractivity contribution in [1.82, 2.24) is 10.2 Å². The molecule has 4 rings (SSSR count). The van der Waals surface area contributed by atoms with Crippen molar-refractivity contribution in [3.05, 3.63) is 82.0 Å². The van der Waals surface area contributed by atoms with Gasteiger partial charge in [0.25, 0.3) is 0 Å². The maximum atomic E-state index is 13.1. The van der Waals surface area contributed by atoms with E-state index in [1.807, 2.05) is 52.8 Å². The van der Waals surface area contributed by atoms with Gasteiger partial charge < -0.3 is 24.4 Å². The number of esters is 1. The summed E-state index contributed by atoms with van der Waals surface area (Å²) in [4.78, 5) is 32.7. The molecule has 0 fully saturated rings. The van der Waals surface area contributed by atoms with Gasteiger partial charge in [-0.1, -0.05) is 42.1 Å². The van der Waals surface area contributed by atoms with Gasteiger partial charge in [-0.2, -0.15) is 0 Å². The van der Waals surface area contributed by atoms with Crippen molar-refractivity contribution in [1.29, 1.82) is 0 Å². The minimum Gasteiger partial charge on any atom is -0.497 e. The van der Waals surface area contributed by atoms with E-state index in [-0.39, 0.29) is 18.9 Å². The lowest BCUT2D eigenvalue weighted by molar-refractivity contribution is -0.139. The van der Waals surface area contributed by atoms with Gasteiger partial charge in [0.2, 0.25) is 5.91 Å². The minimum atomic E-state index is -0.583. The third-order valence-electron chi connectivity index (χ3n) is 5.91. The number of benzene rings is 2. The number of hydrogen-bond acceptors (Lipinski definition) is 8. The highest BCUT2D eigenvalue weighted by atomic mass is 32.2. The molecule has 2 aliphatic heterocycles. The summed E-state index contributed by atoms with van der Waals surface area (Å²) in [6, 6.07) is 14.6. The van der Waals surface area contributed by atoms with Crippen LogP contribution in [0.4, 0.5) is 0 Å². The predicted molar refractivity (Wildman–Crippen MR) is 139 cm³/mol. The van der Waals surface area contributed by atoms with Gasteiger partial charge in [-0.3, -0.25) is 4.79 Å². The number of aliphatic imine (C=N–C) groups is 1. The fourth-order valence-corrected chi connectivity index (χ4v) is 5.17. The molecule has 8 nitrogen and oxygen atoms in total. The van der Waals surface area contributed by atoms with Crippen LogP contribution in [0.3, 0.4) is 0 Å². The molecule has 1 amide bonds. The Labute approximate surface area is 215 Å². The summed E-state index contributed by atoms with van der Waals surface area (Å²) in [5, 5.41) is 5.57. The Bertz CT molecular complexity index is 1240. The zero-order valence-electron chi connectivity index (χ0n) is 20.7. The van der Waals surface area contributed by atoms with Crippen molar-refractivity contribution < 1.29 is 23.8 Å². The standard InChI is InChI=1S/C27H29N3O5S/c1-5-35-26(32)24-17(2)29-27-30(25(24)21-12-11-20(33-3)14-22(21)34-4)19(16-36-27)13-23(31)28-15-18-9-7-6-8-10-18/h6-12,14,16,25H,5,13,15H2,1-4H3,(H,28,31). The molecule has 0 saturated heterocycles. The number of amidine groups is 1. The summed E-state index contributed by atoms with van der Waals surface area (Å²) >= 11 is 1.42. The molecule has 2 aromatic carbocycles. The second-order valence-corrected chi connectivity index (χ2v) is 9.00. The van der Waals surface area contributed by atoms with Crippen LogP contribution in [0.1, 0.15) is 37.4 Å². The summed E-state index contributed by atoms with van der Waals surface area (Å²) in [6.07, 6.45) is 0.128. The number of ether oxygens (including phenoxy) is 3. The topological polar surface area (TPSA) is 89.5 Å². The molecule has 188 valence electrons.